The zero-order valence-electron chi connectivity index (χ0n) is 10.7. The summed E-state index contributed by atoms with van der Waals surface area (Å²) in [7, 11) is 0. The van der Waals surface area contributed by atoms with Crippen LogP contribution in [0.5, 0.6) is 0 Å². The Morgan fingerprint density at radius 2 is 2.17 bits per heavy atom. The Hall–Kier alpha value is -1.49. The fourth-order valence-corrected chi connectivity index (χ4v) is 3.03. The van der Waals surface area contributed by atoms with E-state index < -0.39 is 0 Å². The van der Waals surface area contributed by atoms with Crippen molar-refractivity contribution in [3.05, 3.63) is 22.3 Å². The molecule has 1 aliphatic rings. The highest BCUT2D eigenvalue weighted by Gasteiger charge is 2.20. The van der Waals surface area contributed by atoms with Gasteiger partial charge in [-0.3, -0.25) is 0 Å². The molecule has 0 radical (unpaired) electrons. The Labute approximate surface area is 111 Å². The van der Waals surface area contributed by atoms with Crippen molar-refractivity contribution in [3.63, 3.8) is 0 Å². The molecule has 0 bridgehead atoms. The number of aromatic nitrogens is 3. The van der Waals surface area contributed by atoms with Crippen molar-refractivity contribution in [3.8, 4) is 10.8 Å². The van der Waals surface area contributed by atoms with E-state index in [1.165, 1.54) is 17.7 Å². The van der Waals surface area contributed by atoms with Gasteiger partial charge in [-0.15, -0.1) is 11.3 Å². The highest BCUT2D eigenvalue weighted by molar-refractivity contribution is 7.13. The van der Waals surface area contributed by atoms with E-state index in [2.05, 4.69) is 27.2 Å². The molecule has 0 saturated heterocycles. The lowest BCUT2D eigenvalue weighted by Crippen LogP contribution is -2.06. The van der Waals surface area contributed by atoms with Gasteiger partial charge in [0.2, 0.25) is 0 Å². The van der Waals surface area contributed by atoms with Gasteiger partial charge in [0.1, 0.15) is 5.82 Å². The summed E-state index contributed by atoms with van der Waals surface area (Å²) in [6.07, 6.45) is 3.34. The Balaban J connectivity index is 2.08. The maximum atomic E-state index is 4.68. The molecule has 1 aliphatic carbocycles. The van der Waals surface area contributed by atoms with E-state index >= 15 is 0 Å². The van der Waals surface area contributed by atoms with E-state index in [-0.39, 0.29) is 0 Å². The molecule has 3 rings (SSSR count). The van der Waals surface area contributed by atoms with Gasteiger partial charge in [-0.05, 0) is 33.1 Å². The first-order valence-corrected chi connectivity index (χ1v) is 7.22. The van der Waals surface area contributed by atoms with Crippen LogP contribution >= 0.6 is 11.3 Å². The zero-order valence-corrected chi connectivity index (χ0v) is 11.5. The Bertz CT molecular complexity index is 576. The van der Waals surface area contributed by atoms with Gasteiger partial charge in [-0.1, -0.05) is 0 Å². The third-order valence-corrected chi connectivity index (χ3v) is 4.04. The fraction of sp³-hybridized carbons (Fsp3) is 0.462. The molecule has 2 aromatic heterocycles. The molecule has 0 aromatic carbocycles. The number of nitrogens with zero attached hydrogens (tertiary/aromatic N) is 3. The minimum Gasteiger partial charge on any atom is -0.370 e. The molecule has 2 heterocycles. The maximum Gasteiger partial charge on any atom is 0.190 e. The van der Waals surface area contributed by atoms with Crippen molar-refractivity contribution in [2.75, 3.05) is 11.9 Å². The van der Waals surface area contributed by atoms with E-state index in [1.807, 2.05) is 12.3 Å². The predicted molar refractivity (Wildman–Crippen MR) is 74.1 cm³/mol. The number of anilines is 1. The van der Waals surface area contributed by atoms with Crippen molar-refractivity contribution in [1.82, 2.24) is 15.0 Å². The highest BCUT2D eigenvalue weighted by Crippen LogP contribution is 2.30. The third kappa shape index (κ3) is 1.99. The lowest BCUT2D eigenvalue weighted by molar-refractivity contribution is 0.899. The molecule has 4 nitrogen and oxygen atoms in total. The Morgan fingerprint density at radius 1 is 1.28 bits per heavy atom. The van der Waals surface area contributed by atoms with Crippen LogP contribution in [0.25, 0.3) is 10.8 Å². The Kier molecular flexibility index (Phi) is 2.99. The molecule has 0 saturated carbocycles. The van der Waals surface area contributed by atoms with Crippen LogP contribution in [0.2, 0.25) is 0 Å². The van der Waals surface area contributed by atoms with E-state index in [0.29, 0.717) is 0 Å². The molecule has 0 spiro atoms. The summed E-state index contributed by atoms with van der Waals surface area (Å²) < 4.78 is 0. The number of fused-ring (bicyclic) bond motifs is 1. The number of aryl methyl sites for hydroxylation is 2. The lowest BCUT2D eigenvalue weighted by Gasteiger charge is -2.09. The number of thiazole rings is 1. The van der Waals surface area contributed by atoms with Crippen LogP contribution in [-0.2, 0) is 12.8 Å². The van der Waals surface area contributed by atoms with Crippen molar-refractivity contribution >= 4 is 17.2 Å². The van der Waals surface area contributed by atoms with Crippen molar-refractivity contribution in [2.24, 2.45) is 0 Å². The minimum atomic E-state index is 0.768. The van der Waals surface area contributed by atoms with Crippen LogP contribution in [0.15, 0.2) is 5.38 Å². The van der Waals surface area contributed by atoms with Crippen molar-refractivity contribution in [2.45, 2.75) is 33.1 Å². The predicted octanol–water partition coefficient (Wildman–Crippen LogP) is 2.83. The van der Waals surface area contributed by atoms with Crippen LogP contribution in [0.1, 0.15) is 30.3 Å². The van der Waals surface area contributed by atoms with Gasteiger partial charge in [0, 0.05) is 28.9 Å². The average Bonchev–Trinajstić information content (AvgIpc) is 2.97. The summed E-state index contributed by atoms with van der Waals surface area (Å²) in [5.41, 5.74) is 3.53. The molecule has 2 aromatic rings. The fourth-order valence-electron chi connectivity index (χ4n) is 2.30. The van der Waals surface area contributed by atoms with Crippen LogP contribution in [0.4, 0.5) is 5.82 Å². The molecule has 0 aliphatic heterocycles. The van der Waals surface area contributed by atoms with Crippen LogP contribution in [0, 0.1) is 6.92 Å². The molecule has 0 fully saturated rings. The smallest absolute Gasteiger partial charge is 0.190 e. The average molecular weight is 260 g/mol. The van der Waals surface area contributed by atoms with Crippen LogP contribution in [0.3, 0.4) is 0 Å². The van der Waals surface area contributed by atoms with Gasteiger partial charge in [-0.25, -0.2) is 15.0 Å². The summed E-state index contributed by atoms with van der Waals surface area (Å²) in [5.74, 6) is 1.77. The first-order chi connectivity index (χ1) is 8.78. The summed E-state index contributed by atoms with van der Waals surface area (Å²) >= 11 is 1.61. The van der Waals surface area contributed by atoms with E-state index in [4.69, 9.17) is 0 Å². The molecular formula is C13H16N4S. The van der Waals surface area contributed by atoms with Gasteiger partial charge >= 0.3 is 0 Å². The second-order valence-corrected chi connectivity index (χ2v) is 5.36. The topological polar surface area (TPSA) is 50.7 Å². The largest absolute Gasteiger partial charge is 0.370 e. The van der Waals surface area contributed by atoms with Crippen molar-refractivity contribution in [1.29, 1.82) is 0 Å². The van der Waals surface area contributed by atoms with Gasteiger partial charge in [-0.2, -0.15) is 0 Å². The van der Waals surface area contributed by atoms with Crippen molar-refractivity contribution < 1.29 is 0 Å². The van der Waals surface area contributed by atoms with E-state index in [0.717, 1.165) is 41.7 Å². The van der Waals surface area contributed by atoms with Crippen LogP contribution < -0.4 is 5.32 Å². The van der Waals surface area contributed by atoms with Gasteiger partial charge in [0.15, 0.2) is 10.8 Å². The second kappa shape index (κ2) is 4.65. The zero-order chi connectivity index (χ0) is 12.5. The van der Waals surface area contributed by atoms with Gasteiger partial charge < -0.3 is 5.32 Å². The number of hydrogen-bond donors (Lipinski definition) is 1. The minimum absolute atomic E-state index is 0.768. The maximum absolute atomic E-state index is 4.68. The van der Waals surface area contributed by atoms with Gasteiger partial charge in [0.25, 0.3) is 0 Å². The van der Waals surface area contributed by atoms with Gasteiger partial charge in [0.05, 0.1) is 0 Å². The number of nitrogens with one attached hydrogen (secondary N) is 1. The van der Waals surface area contributed by atoms with E-state index in [1.54, 1.807) is 11.3 Å². The van der Waals surface area contributed by atoms with E-state index in [9.17, 15) is 0 Å². The molecular weight excluding hydrogens is 244 g/mol. The summed E-state index contributed by atoms with van der Waals surface area (Å²) in [6, 6.07) is 0. The number of hydrogen-bond acceptors (Lipinski definition) is 5. The molecule has 18 heavy (non-hydrogen) atoms. The lowest BCUT2D eigenvalue weighted by atomic mass is 10.2. The van der Waals surface area contributed by atoms with Crippen LogP contribution in [-0.4, -0.2) is 21.5 Å². The normalized spacial score (nSPS) is 13.7. The standard InChI is InChI=1S/C13H16N4S/c1-3-14-11-9-5-4-6-10(9)16-12(17-11)13-15-8(2)7-18-13/h7H,3-6H2,1-2H3,(H,14,16,17). The second-order valence-electron chi connectivity index (χ2n) is 4.50. The third-order valence-electron chi connectivity index (χ3n) is 3.09. The molecule has 1 N–H and O–H groups in total. The summed E-state index contributed by atoms with van der Waals surface area (Å²) in [6.45, 7) is 4.98. The first kappa shape index (κ1) is 11.6. The Morgan fingerprint density at radius 3 is 2.89 bits per heavy atom. The summed E-state index contributed by atoms with van der Waals surface area (Å²) in [4.78, 5) is 13.8. The number of rotatable bonds is 3. The monoisotopic (exact) mass is 260 g/mol. The summed E-state index contributed by atoms with van der Waals surface area (Å²) in [5, 5.41) is 6.31. The molecule has 0 unspecified atom stereocenters. The molecule has 5 heteroatoms. The molecule has 0 atom stereocenters. The highest BCUT2D eigenvalue weighted by atomic mass is 32.1. The molecule has 0 amide bonds. The first-order valence-electron chi connectivity index (χ1n) is 6.34. The quantitative estimate of drug-likeness (QED) is 0.922. The SMILES string of the molecule is CCNc1nc(-c2nc(C)cs2)nc2c1CCC2. The molecule has 94 valence electrons.